The highest BCUT2D eigenvalue weighted by Gasteiger charge is 2.35. The molecule has 17 heavy (non-hydrogen) atoms. The lowest BCUT2D eigenvalue weighted by Crippen LogP contribution is -2.50. The number of likely N-dealkylation sites (N-methyl/N-ethyl adjacent to an activating group) is 1. The standard InChI is InChI=1S/C14H21NO2/c1-5-11-6-8-12(9-7-11)10-14(2,13(16)17)15(3)4/h6-9H,5,10H2,1-4H3,(H,16,17). The Bertz CT molecular complexity index is 384. The summed E-state index contributed by atoms with van der Waals surface area (Å²) in [7, 11) is 3.60. The number of hydrogen-bond donors (Lipinski definition) is 1. The van der Waals surface area contributed by atoms with Crippen LogP contribution >= 0.6 is 0 Å². The second kappa shape index (κ2) is 5.32. The van der Waals surface area contributed by atoms with Crippen molar-refractivity contribution in [1.82, 2.24) is 4.90 Å². The van der Waals surface area contributed by atoms with Crippen molar-refractivity contribution in [2.45, 2.75) is 32.2 Å². The van der Waals surface area contributed by atoms with Crippen LogP contribution in [-0.4, -0.2) is 35.6 Å². The van der Waals surface area contributed by atoms with Gasteiger partial charge in [0.15, 0.2) is 0 Å². The lowest BCUT2D eigenvalue weighted by molar-refractivity contribution is -0.148. The number of carbonyl (C=O) groups is 1. The zero-order valence-corrected chi connectivity index (χ0v) is 11.0. The number of rotatable bonds is 5. The molecule has 0 saturated carbocycles. The number of hydrogen-bond acceptors (Lipinski definition) is 2. The summed E-state index contributed by atoms with van der Waals surface area (Å²) in [5, 5.41) is 9.32. The molecule has 0 aromatic heterocycles. The quantitative estimate of drug-likeness (QED) is 0.850. The Kier molecular flexibility index (Phi) is 4.29. The first-order valence-corrected chi connectivity index (χ1v) is 5.88. The molecule has 1 N–H and O–H groups in total. The number of carboxylic acids is 1. The van der Waals surface area contributed by atoms with Gasteiger partial charge in [-0.25, -0.2) is 0 Å². The molecular formula is C14H21NO2. The van der Waals surface area contributed by atoms with Crippen LogP contribution in [-0.2, 0) is 17.6 Å². The smallest absolute Gasteiger partial charge is 0.324 e. The monoisotopic (exact) mass is 235 g/mol. The maximum Gasteiger partial charge on any atom is 0.324 e. The number of benzene rings is 1. The number of aliphatic carboxylic acids is 1. The molecule has 1 rings (SSSR count). The molecule has 0 aliphatic rings. The SMILES string of the molecule is CCc1ccc(CC(C)(C(=O)O)N(C)C)cc1. The van der Waals surface area contributed by atoms with E-state index in [1.807, 2.05) is 12.1 Å². The predicted octanol–water partition coefficient (Wildman–Crippen LogP) is 2.20. The van der Waals surface area contributed by atoms with Crippen molar-refractivity contribution in [3.05, 3.63) is 35.4 Å². The Labute approximate surface area is 103 Å². The fourth-order valence-electron chi connectivity index (χ4n) is 1.72. The van der Waals surface area contributed by atoms with Crippen LogP contribution in [0.3, 0.4) is 0 Å². The van der Waals surface area contributed by atoms with Crippen LogP contribution in [0.2, 0.25) is 0 Å². The topological polar surface area (TPSA) is 40.5 Å². The molecular weight excluding hydrogens is 214 g/mol. The van der Waals surface area contributed by atoms with Gasteiger partial charge in [0.25, 0.3) is 0 Å². The van der Waals surface area contributed by atoms with Gasteiger partial charge >= 0.3 is 5.97 Å². The van der Waals surface area contributed by atoms with Gasteiger partial charge in [-0.1, -0.05) is 31.2 Å². The first-order valence-electron chi connectivity index (χ1n) is 5.88. The Morgan fingerprint density at radius 1 is 1.24 bits per heavy atom. The predicted molar refractivity (Wildman–Crippen MR) is 69.3 cm³/mol. The molecule has 94 valence electrons. The van der Waals surface area contributed by atoms with Crippen molar-refractivity contribution in [1.29, 1.82) is 0 Å². The van der Waals surface area contributed by atoms with E-state index < -0.39 is 11.5 Å². The summed E-state index contributed by atoms with van der Waals surface area (Å²) in [6.07, 6.45) is 1.52. The third kappa shape index (κ3) is 3.07. The summed E-state index contributed by atoms with van der Waals surface area (Å²) in [4.78, 5) is 13.1. The molecule has 0 heterocycles. The highest BCUT2D eigenvalue weighted by atomic mass is 16.4. The molecule has 0 bridgehead atoms. The Hall–Kier alpha value is -1.35. The van der Waals surface area contributed by atoms with Crippen LogP contribution in [0.5, 0.6) is 0 Å². The van der Waals surface area contributed by atoms with Gasteiger partial charge in [0.05, 0.1) is 0 Å². The minimum Gasteiger partial charge on any atom is -0.480 e. The lowest BCUT2D eigenvalue weighted by atomic mass is 9.91. The number of carboxylic acid groups (broad SMARTS) is 1. The Morgan fingerprint density at radius 2 is 1.71 bits per heavy atom. The van der Waals surface area contributed by atoms with Gasteiger partial charge in [0, 0.05) is 6.42 Å². The molecule has 1 atom stereocenters. The van der Waals surface area contributed by atoms with E-state index >= 15 is 0 Å². The summed E-state index contributed by atoms with van der Waals surface area (Å²) in [5.41, 5.74) is 1.48. The minimum atomic E-state index is -0.853. The average molecular weight is 235 g/mol. The van der Waals surface area contributed by atoms with E-state index in [1.54, 1.807) is 25.9 Å². The van der Waals surface area contributed by atoms with Crippen molar-refractivity contribution in [2.24, 2.45) is 0 Å². The second-order valence-electron chi connectivity index (χ2n) is 4.82. The summed E-state index contributed by atoms with van der Waals surface area (Å²) in [5.74, 6) is -0.790. The zero-order valence-electron chi connectivity index (χ0n) is 11.0. The first-order chi connectivity index (χ1) is 7.90. The van der Waals surface area contributed by atoms with Crippen LogP contribution < -0.4 is 0 Å². The molecule has 1 unspecified atom stereocenters. The van der Waals surface area contributed by atoms with Crippen molar-refractivity contribution in [3.63, 3.8) is 0 Å². The fourth-order valence-corrected chi connectivity index (χ4v) is 1.72. The van der Waals surface area contributed by atoms with E-state index in [4.69, 9.17) is 0 Å². The van der Waals surface area contributed by atoms with Gasteiger partial charge in [-0.15, -0.1) is 0 Å². The molecule has 0 fully saturated rings. The van der Waals surface area contributed by atoms with Crippen LogP contribution in [0.4, 0.5) is 0 Å². The van der Waals surface area contributed by atoms with E-state index in [2.05, 4.69) is 19.1 Å². The van der Waals surface area contributed by atoms with E-state index in [9.17, 15) is 9.90 Å². The maximum absolute atomic E-state index is 11.3. The van der Waals surface area contributed by atoms with Crippen LogP contribution in [0.1, 0.15) is 25.0 Å². The van der Waals surface area contributed by atoms with Crippen molar-refractivity contribution in [2.75, 3.05) is 14.1 Å². The molecule has 0 amide bonds. The van der Waals surface area contributed by atoms with Crippen molar-refractivity contribution >= 4 is 5.97 Å². The zero-order chi connectivity index (χ0) is 13.1. The van der Waals surface area contributed by atoms with E-state index in [-0.39, 0.29) is 0 Å². The van der Waals surface area contributed by atoms with Gasteiger partial charge in [0.1, 0.15) is 5.54 Å². The summed E-state index contributed by atoms with van der Waals surface area (Å²) < 4.78 is 0. The van der Waals surface area contributed by atoms with Crippen molar-refractivity contribution in [3.8, 4) is 0 Å². The van der Waals surface area contributed by atoms with E-state index in [0.29, 0.717) is 6.42 Å². The minimum absolute atomic E-state index is 0.513. The van der Waals surface area contributed by atoms with Crippen LogP contribution in [0, 0.1) is 0 Å². The van der Waals surface area contributed by atoms with Crippen molar-refractivity contribution < 1.29 is 9.90 Å². The second-order valence-corrected chi connectivity index (χ2v) is 4.82. The molecule has 0 aliphatic heterocycles. The molecule has 3 heteroatoms. The Balaban J connectivity index is 2.90. The maximum atomic E-state index is 11.3. The molecule has 3 nitrogen and oxygen atoms in total. The highest BCUT2D eigenvalue weighted by molar-refractivity contribution is 5.78. The number of aryl methyl sites for hydroxylation is 1. The van der Waals surface area contributed by atoms with Crippen LogP contribution in [0.25, 0.3) is 0 Å². The van der Waals surface area contributed by atoms with Gasteiger partial charge in [-0.05, 0) is 38.6 Å². The lowest BCUT2D eigenvalue weighted by Gasteiger charge is -2.32. The summed E-state index contributed by atoms with van der Waals surface area (Å²) in [6, 6.07) is 8.16. The Morgan fingerprint density at radius 3 is 2.06 bits per heavy atom. The van der Waals surface area contributed by atoms with E-state index in [0.717, 1.165) is 12.0 Å². The molecule has 1 aromatic carbocycles. The summed E-state index contributed by atoms with van der Waals surface area (Å²) >= 11 is 0. The molecule has 0 saturated heterocycles. The largest absolute Gasteiger partial charge is 0.480 e. The van der Waals surface area contributed by atoms with Gasteiger partial charge in [-0.2, -0.15) is 0 Å². The average Bonchev–Trinajstić information content (AvgIpc) is 2.29. The fraction of sp³-hybridized carbons (Fsp3) is 0.500. The van der Waals surface area contributed by atoms with Gasteiger partial charge in [-0.3, -0.25) is 9.69 Å². The normalized spacial score (nSPS) is 14.6. The van der Waals surface area contributed by atoms with Gasteiger partial charge in [0.2, 0.25) is 0 Å². The van der Waals surface area contributed by atoms with Crippen LogP contribution in [0.15, 0.2) is 24.3 Å². The van der Waals surface area contributed by atoms with Gasteiger partial charge < -0.3 is 5.11 Å². The summed E-state index contributed by atoms with van der Waals surface area (Å²) in [6.45, 7) is 3.86. The van der Waals surface area contributed by atoms with E-state index in [1.165, 1.54) is 5.56 Å². The molecule has 0 radical (unpaired) electrons. The highest BCUT2D eigenvalue weighted by Crippen LogP contribution is 2.19. The number of nitrogens with zero attached hydrogens (tertiary/aromatic N) is 1. The third-order valence-corrected chi connectivity index (χ3v) is 3.43. The first kappa shape index (κ1) is 13.7. The third-order valence-electron chi connectivity index (χ3n) is 3.43. The molecule has 0 aliphatic carbocycles. The molecule has 0 spiro atoms. The molecule has 1 aromatic rings.